The van der Waals surface area contributed by atoms with Gasteiger partial charge in [-0.25, -0.2) is 0 Å². The van der Waals surface area contributed by atoms with E-state index in [0.717, 1.165) is 11.3 Å². The number of methoxy groups -OCH3 is 1. The molecule has 0 aliphatic carbocycles. The van der Waals surface area contributed by atoms with E-state index >= 15 is 0 Å². The van der Waals surface area contributed by atoms with Gasteiger partial charge in [0.2, 0.25) is 0 Å². The van der Waals surface area contributed by atoms with Crippen molar-refractivity contribution in [1.29, 1.82) is 0 Å². The van der Waals surface area contributed by atoms with Crippen LogP contribution in [-0.4, -0.2) is 24.6 Å². The van der Waals surface area contributed by atoms with Crippen LogP contribution in [0.3, 0.4) is 0 Å². The number of anilines is 1. The highest BCUT2D eigenvalue weighted by Crippen LogP contribution is 2.23. The van der Waals surface area contributed by atoms with Crippen molar-refractivity contribution in [2.75, 3.05) is 18.6 Å². The molecule has 5 nitrogen and oxygen atoms in total. The monoisotopic (exact) mass is 382 g/mol. The van der Waals surface area contributed by atoms with Crippen molar-refractivity contribution >= 4 is 23.2 Å². The molecule has 0 aliphatic heterocycles. The lowest BCUT2D eigenvalue weighted by atomic mass is 10.2. The van der Waals surface area contributed by atoms with Crippen molar-refractivity contribution in [2.45, 2.75) is 6.54 Å². The highest BCUT2D eigenvalue weighted by Gasteiger charge is 2.18. The molecule has 0 unspecified atom stereocenters. The average molecular weight is 383 g/mol. The minimum Gasteiger partial charge on any atom is -0.497 e. The highest BCUT2D eigenvalue weighted by molar-refractivity contribution is 6.30. The fourth-order valence-electron chi connectivity index (χ4n) is 2.53. The summed E-state index contributed by atoms with van der Waals surface area (Å²) in [5.74, 6) is 1.08. The van der Waals surface area contributed by atoms with Crippen LogP contribution in [0.2, 0.25) is 5.02 Å². The van der Waals surface area contributed by atoms with Crippen LogP contribution in [0.1, 0.15) is 5.56 Å². The van der Waals surface area contributed by atoms with Gasteiger partial charge < -0.3 is 14.4 Å². The third-order valence-corrected chi connectivity index (χ3v) is 4.16. The van der Waals surface area contributed by atoms with Gasteiger partial charge in [-0.1, -0.05) is 23.7 Å². The Hall–Kier alpha value is -3.05. The summed E-state index contributed by atoms with van der Waals surface area (Å²) >= 11 is 5.88. The first-order valence-electron chi connectivity index (χ1n) is 8.37. The maximum absolute atomic E-state index is 12.9. The molecule has 0 saturated carbocycles. The average Bonchev–Trinajstić information content (AvgIpc) is 2.72. The molecule has 1 aromatic heterocycles. The van der Waals surface area contributed by atoms with Gasteiger partial charge in [-0.15, -0.1) is 0 Å². The summed E-state index contributed by atoms with van der Waals surface area (Å²) in [4.78, 5) is 18.7. The van der Waals surface area contributed by atoms with E-state index in [9.17, 15) is 4.79 Å². The summed E-state index contributed by atoms with van der Waals surface area (Å²) in [6.07, 6.45) is 3.44. The van der Waals surface area contributed by atoms with Crippen molar-refractivity contribution in [3.8, 4) is 11.5 Å². The number of rotatable bonds is 7. The predicted octanol–water partition coefficient (Wildman–Crippen LogP) is 4.36. The molecule has 1 heterocycles. The molecule has 3 rings (SSSR count). The van der Waals surface area contributed by atoms with E-state index in [1.54, 1.807) is 48.7 Å². The molecular weight excluding hydrogens is 364 g/mol. The number of nitrogens with zero attached hydrogens (tertiary/aromatic N) is 2. The van der Waals surface area contributed by atoms with Gasteiger partial charge in [-0.3, -0.25) is 9.78 Å². The second kappa shape index (κ2) is 9.05. The van der Waals surface area contributed by atoms with Crippen LogP contribution in [-0.2, 0) is 11.3 Å². The Labute approximate surface area is 163 Å². The number of carbonyl (C=O) groups excluding carboxylic acids is 1. The lowest BCUT2D eigenvalue weighted by Crippen LogP contribution is -2.34. The van der Waals surface area contributed by atoms with Crippen molar-refractivity contribution in [3.05, 3.63) is 83.6 Å². The third-order valence-electron chi connectivity index (χ3n) is 3.91. The Morgan fingerprint density at radius 1 is 1.07 bits per heavy atom. The minimum absolute atomic E-state index is 0.0981. The third kappa shape index (κ3) is 5.21. The number of ether oxygens (including phenoxy) is 2. The number of amides is 1. The fourth-order valence-corrected chi connectivity index (χ4v) is 2.66. The quantitative estimate of drug-likeness (QED) is 0.609. The van der Waals surface area contributed by atoms with Crippen molar-refractivity contribution in [2.24, 2.45) is 0 Å². The smallest absolute Gasteiger partial charge is 0.265 e. The topological polar surface area (TPSA) is 51.7 Å². The molecule has 0 saturated heterocycles. The number of benzene rings is 2. The van der Waals surface area contributed by atoms with Gasteiger partial charge in [-0.2, -0.15) is 0 Å². The van der Waals surface area contributed by atoms with E-state index in [4.69, 9.17) is 21.1 Å². The molecule has 0 radical (unpaired) electrons. The fraction of sp³-hybridized carbons (Fsp3) is 0.143. The number of carbonyl (C=O) groups is 1. The lowest BCUT2D eigenvalue weighted by molar-refractivity contribution is -0.120. The van der Waals surface area contributed by atoms with E-state index in [1.807, 2.05) is 36.4 Å². The maximum Gasteiger partial charge on any atom is 0.265 e. The van der Waals surface area contributed by atoms with Crippen LogP contribution in [0.5, 0.6) is 11.5 Å². The Bertz CT molecular complexity index is 885. The van der Waals surface area contributed by atoms with Crippen molar-refractivity contribution in [1.82, 2.24) is 4.98 Å². The normalized spacial score (nSPS) is 10.3. The first-order chi connectivity index (χ1) is 13.2. The summed E-state index contributed by atoms with van der Waals surface area (Å²) in [5.41, 5.74) is 1.64. The van der Waals surface area contributed by atoms with Gasteiger partial charge in [-0.05, 0) is 48.0 Å². The Balaban J connectivity index is 1.79. The maximum atomic E-state index is 12.9. The van der Waals surface area contributed by atoms with Crippen LogP contribution < -0.4 is 14.4 Å². The zero-order chi connectivity index (χ0) is 19.1. The molecule has 138 valence electrons. The first kappa shape index (κ1) is 18.7. The standard InChI is InChI=1S/C21H19ClN2O3/c1-26-20-6-2-5-18(12-20)24(14-16-4-3-11-23-13-16)21(25)15-27-19-9-7-17(22)8-10-19/h2-13H,14-15H2,1H3. The molecular formula is C21H19ClN2O3. The summed E-state index contributed by atoms with van der Waals surface area (Å²) in [5, 5.41) is 0.614. The van der Waals surface area contributed by atoms with Crippen LogP contribution in [0.25, 0.3) is 0 Å². The van der Waals surface area contributed by atoms with Crippen LogP contribution in [0.15, 0.2) is 73.1 Å². The number of pyridine rings is 1. The zero-order valence-corrected chi connectivity index (χ0v) is 15.6. The molecule has 0 aliphatic rings. The molecule has 0 atom stereocenters. The van der Waals surface area contributed by atoms with E-state index in [0.29, 0.717) is 23.1 Å². The van der Waals surface area contributed by atoms with Gasteiger partial charge in [0.05, 0.1) is 13.7 Å². The van der Waals surface area contributed by atoms with Crippen LogP contribution in [0, 0.1) is 0 Å². The molecule has 3 aromatic rings. The number of hydrogen-bond acceptors (Lipinski definition) is 4. The minimum atomic E-state index is -0.179. The van der Waals surface area contributed by atoms with Gasteiger partial charge in [0.1, 0.15) is 11.5 Å². The molecule has 0 spiro atoms. The van der Waals surface area contributed by atoms with Crippen LogP contribution >= 0.6 is 11.6 Å². The summed E-state index contributed by atoms with van der Waals surface area (Å²) in [7, 11) is 1.59. The number of hydrogen-bond donors (Lipinski definition) is 0. The molecule has 2 aromatic carbocycles. The van der Waals surface area contributed by atoms with E-state index in [-0.39, 0.29) is 12.5 Å². The number of aromatic nitrogens is 1. The summed E-state index contributed by atoms with van der Waals surface area (Å²) < 4.78 is 10.9. The van der Waals surface area contributed by atoms with Crippen LogP contribution in [0.4, 0.5) is 5.69 Å². The molecule has 0 bridgehead atoms. The van der Waals surface area contributed by atoms with E-state index in [2.05, 4.69) is 4.98 Å². The Kier molecular flexibility index (Phi) is 6.28. The second-order valence-corrected chi connectivity index (χ2v) is 6.22. The largest absolute Gasteiger partial charge is 0.497 e. The van der Waals surface area contributed by atoms with Gasteiger partial charge >= 0.3 is 0 Å². The van der Waals surface area contributed by atoms with E-state index < -0.39 is 0 Å². The van der Waals surface area contributed by atoms with Gasteiger partial charge in [0.25, 0.3) is 5.91 Å². The van der Waals surface area contributed by atoms with E-state index in [1.165, 1.54) is 0 Å². The molecule has 0 N–H and O–H groups in total. The molecule has 0 fully saturated rings. The highest BCUT2D eigenvalue weighted by atomic mass is 35.5. The Morgan fingerprint density at radius 3 is 2.59 bits per heavy atom. The summed E-state index contributed by atoms with van der Waals surface area (Å²) in [6.45, 7) is 0.281. The van der Waals surface area contributed by atoms with Crippen molar-refractivity contribution in [3.63, 3.8) is 0 Å². The van der Waals surface area contributed by atoms with Gasteiger partial charge in [0.15, 0.2) is 6.61 Å². The SMILES string of the molecule is COc1cccc(N(Cc2cccnc2)C(=O)COc2ccc(Cl)cc2)c1. The second-order valence-electron chi connectivity index (χ2n) is 5.79. The first-order valence-corrected chi connectivity index (χ1v) is 8.75. The lowest BCUT2D eigenvalue weighted by Gasteiger charge is -2.23. The summed E-state index contributed by atoms with van der Waals surface area (Å²) in [6, 6.07) is 18.0. The zero-order valence-electron chi connectivity index (χ0n) is 14.8. The number of halogens is 1. The molecule has 27 heavy (non-hydrogen) atoms. The molecule has 6 heteroatoms. The predicted molar refractivity (Wildman–Crippen MR) is 105 cm³/mol. The van der Waals surface area contributed by atoms with Crippen molar-refractivity contribution < 1.29 is 14.3 Å². The van der Waals surface area contributed by atoms with Gasteiger partial charge in [0, 0.05) is 29.2 Å². The molecule has 1 amide bonds. The Morgan fingerprint density at radius 2 is 1.89 bits per heavy atom.